The quantitative estimate of drug-likeness (QED) is 0.745. The normalized spacial score (nSPS) is 12.7. The lowest BCUT2D eigenvalue weighted by Crippen LogP contribution is -2.28. The summed E-state index contributed by atoms with van der Waals surface area (Å²) in [5.41, 5.74) is 4.37. The van der Waals surface area contributed by atoms with E-state index in [9.17, 15) is 9.59 Å². The molecule has 0 atom stereocenters. The second-order valence-electron chi connectivity index (χ2n) is 6.35. The number of hydrogen-bond acceptors (Lipinski definition) is 3. The number of carbonyl (C=O) groups is 2. The van der Waals surface area contributed by atoms with Gasteiger partial charge in [-0.05, 0) is 54.6 Å². The molecule has 1 N–H and O–H groups in total. The third kappa shape index (κ3) is 3.13. The number of hydrogen-bond donors (Lipinski definition) is 1. The molecule has 1 aliphatic heterocycles. The monoisotopic (exact) mass is 362 g/mol. The summed E-state index contributed by atoms with van der Waals surface area (Å²) in [5, 5.41) is 4.84. The van der Waals surface area contributed by atoms with Crippen LogP contribution >= 0.6 is 11.3 Å². The molecule has 130 valence electrons. The molecule has 5 heteroatoms. The highest BCUT2D eigenvalue weighted by molar-refractivity contribution is 7.12. The van der Waals surface area contributed by atoms with Gasteiger partial charge in [-0.15, -0.1) is 11.3 Å². The molecular weight excluding hydrogens is 344 g/mol. The van der Waals surface area contributed by atoms with Crippen LogP contribution in [0.2, 0.25) is 0 Å². The molecule has 4 rings (SSSR count). The molecule has 0 fully saturated rings. The molecule has 2 heterocycles. The van der Waals surface area contributed by atoms with E-state index in [1.165, 1.54) is 11.3 Å². The molecule has 26 heavy (non-hydrogen) atoms. The smallest absolute Gasteiger partial charge is 0.268 e. The lowest BCUT2D eigenvalue weighted by atomic mass is 10.1. The Morgan fingerprint density at radius 3 is 2.73 bits per heavy atom. The molecular formula is C21H18N2O2S. The third-order valence-corrected chi connectivity index (χ3v) is 5.35. The number of rotatable bonds is 3. The summed E-state index contributed by atoms with van der Waals surface area (Å²) in [6.07, 6.45) is 0.832. The molecule has 1 aliphatic rings. The molecule has 2 amide bonds. The molecule has 0 unspecified atom stereocenters. The first-order valence-corrected chi connectivity index (χ1v) is 9.36. The highest BCUT2D eigenvalue weighted by Crippen LogP contribution is 2.32. The number of thiophene rings is 1. The SMILES string of the molecule is Cc1cccc(C(=O)Nc2ccc3c(c2)N(C(=O)c2cccs2)CC3)c1. The summed E-state index contributed by atoms with van der Waals surface area (Å²) in [6, 6.07) is 17.0. The minimum atomic E-state index is -0.150. The molecule has 0 saturated heterocycles. The Bertz CT molecular complexity index is 979. The maximum Gasteiger partial charge on any atom is 0.268 e. The summed E-state index contributed by atoms with van der Waals surface area (Å²) in [4.78, 5) is 27.7. The minimum Gasteiger partial charge on any atom is -0.322 e. The van der Waals surface area contributed by atoms with Crippen molar-refractivity contribution in [2.75, 3.05) is 16.8 Å². The zero-order valence-electron chi connectivity index (χ0n) is 14.4. The van der Waals surface area contributed by atoms with Gasteiger partial charge >= 0.3 is 0 Å². The van der Waals surface area contributed by atoms with E-state index in [1.54, 1.807) is 11.0 Å². The van der Waals surface area contributed by atoms with Crippen molar-refractivity contribution < 1.29 is 9.59 Å². The fourth-order valence-electron chi connectivity index (χ4n) is 3.19. The van der Waals surface area contributed by atoms with Gasteiger partial charge in [-0.1, -0.05) is 29.8 Å². The van der Waals surface area contributed by atoms with Gasteiger partial charge < -0.3 is 10.2 Å². The van der Waals surface area contributed by atoms with Crippen molar-refractivity contribution in [2.45, 2.75) is 13.3 Å². The summed E-state index contributed by atoms with van der Waals surface area (Å²) < 4.78 is 0. The molecule has 0 aliphatic carbocycles. The second kappa shape index (κ2) is 6.77. The number of nitrogens with one attached hydrogen (secondary N) is 1. The summed E-state index contributed by atoms with van der Waals surface area (Å²) in [5.74, 6) is -0.135. The molecule has 2 aromatic carbocycles. The number of benzene rings is 2. The maximum atomic E-state index is 12.7. The van der Waals surface area contributed by atoms with Crippen molar-refractivity contribution in [3.8, 4) is 0 Å². The van der Waals surface area contributed by atoms with Gasteiger partial charge in [0.25, 0.3) is 11.8 Å². The topological polar surface area (TPSA) is 49.4 Å². The number of anilines is 2. The number of nitrogens with zero attached hydrogens (tertiary/aromatic N) is 1. The molecule has 0 spiro atoms. The van der Waals surface area contributed by atoms with Crippen molar-refractivity contribution in [3.05, 3.63) is 81.5 Å². The van der Waals surface area contributed by atoms with Crippen LogP contribution < -0.4 is 10.2 Å². The van der Waals surface area contributed by atoms with Gasteiger partial charge in [0.2, 0.25) is 0 Å². The Kier molecular flexibility index (Phi) is 4.31. The Morgan fingerprint density at radius 1 is 1.08 bits per heavy atom. The van der Waals surface area contributed by atoms with Gasteiger partial charge in [0.15, 0.2) is 0 Å². The molecule has 3 aromatic rings. The maximum absolute atomic E-state index is 12.7. The molecule has 0 bridgehead atoms. The Labute approximate surface area is 156 Å². The van der Waals surface area contributed by atoms with E-state index in [2.05, 4.69) is 5.32 Å². The molecule has 1 aromatic heterocycles. The van der Waals surface area contributed by atoms with Gasteiger partial charge in [0, 0.05) is 23.5 Å². The minimum absolute atomic E-state index is 0.0147. The van der Waals surface area contributed by atoms with Crippen molar-refractivity contribution in [1.82, 2.24) is 0 Å². The molecule has 0 radical (unpaired) electrons. The Morgan fingerprint density at radius 2 is 1.96 bits per heavy atom. The third-order valence-electron chi connectivity index (χ3n) is 4.50. The number of fused-ring (bicyclic) bond motifs is 1. The predicted molar refractivity (Wildman–Crippen MR) is 105 cm³/mol. The highest BCUT2D eigenvalue weighted by Gasteiger charge is 2.26. The van der Waals surface area contributed by atoms with Crippen LogP contribution in [0.3, 0.4) is 0 Å². The van der Waals surface area contributed by atoms with Crippen LogP contribution in [0.15, 0.2) is 60.0 Å². The van der Waals surface area contributed by atoms with Crippen molar-refractivity contribution >= 4 is 34.5 Å². The van der Waals surface area contributed by atoms with Crippen LogP contribution in [-0.4, -0.2) is 18.4 Å². The van der Waals surface area contributed by atoms with Crippen LogP contribution in [0.25, 0.3) is 0 Å². The summed E-state index contributed by atoms with van der Waals surface area (Å²) in [6.45, 7) is 2.63. The van der Waals surface area contributed by atoms with Gasteiger partial charge in [-0.2, -0.15) is 0 Å². The lowest BCUT2D eigenvalue weighted by molar-refractivity contribution is 0.0991. The van der Waals surface area contributed by atoms with Crippen molar-refractivity contribution in [2.24, 2.45) is 0 Å². The lowest BCUT2D eigenvalue weighted by Gasteiger charge is -2.17. The largest absolute Gasteiger partial charge is 0.322 e. The van der Waals surface area contributed by atoms with Crippen LogP contribution in [0.5, 0.6) is 0 Å². The van der Waals surface area contributed by atoms with Crippen molar-refractivity contribution in [3.63, 3.8) is 0 Å². The fraction of sp³-hybridized carbons (Fsp3) is 0.143. The van der Waals surface area contributed by atoms with Crippen LogP contribution in [0, 0.1) is 6.92 Å². The first kappa shape index (κ1) is 16.5. The van der Waals surface area contributed by atoms with Gasteiger partial charge in [0.05, 0.1) is 4.88 Å². The number of carbonyl (C=O) groups excluding carboxylic acids is 2. The van der Waals surface area contributed by atoms with Crippen LogP contribution in [-0.2, 0) is 6.42 Å². The average molecular weight is 362 g/mol. The van der Waals surface area contributed by atoms with Gasteiger partial charge in [0.1, 0.15) is 0 Å². The Balaban J connectivity index is 1.58. The zero-order chi connectivity index (χ0) is 18.1. The van der Waals surface area contributed by atoms with E-state index in [-0.39, 0.29) is 11.8 Å². The second-order valence-corrected chi connectivity index (χ2v) is 7.30. The van der Waals surface area contributed by atoms with E-state index >= 15 is 0 Å². The summed E-state index contributed by atoms with van der Waals surface area (Å²) >= 11 is 1.45. The molecule has 0 saturated carbocycles. The van der Waals surface area contributed by atoms with E-state index in [0.29, 0.717) is 17.8 Å². The standard InChI is InChI=1S/C21H18N2O2S/c1-14-4-2-5-16(12-14)20(24)22-17-8-7-15-9-10-23(18(15)13-17)21(25)19-6-3-11-26-19/h2-8,11-13H,9-10H2,1H3,(H,22,24). The van der Waals surface area contributed by atoms with Gasteiger partial charge in [-0.25, -0.2) is 0 Å². The fourth-order valence-corrected chi connectivity index (χ4v) is 3.86. The Hall–Kier alpha value is -2.92. The number of amides is 2. The molecule has 4 nitrogen and oxygen atoms in total. The average Bonchev–Trinajstić information content (AvgIpc) is 3.31. The summed E-state index contributed by atoms with van der Waals surface area (Å²) in [7, 11) is 0. The highest BCUT2D eigenvalue weighted by atomic mass is 32.1. The van der Waals surface area contributed by atoms with Crippen LogP contribution in [0.1, 0.15) is 31.2 Å². The van der Waals surface area contributed by atoms with E-state index in [0.717, 1.165) is 28.1 Å². The van der Waals surface area contributed by atoms with E-state index in [1.807, 2.05) is 60.8 Å². The predicted octanol–water partition coefficient (Wildman–Crippen LogP) is 4.51. The van der Waals surface area contributed by atoms with E-state index in [4.69, 9.17) is 0 Å². The first-order chi connectivity index (χ1) is 12.6. The van der Waals surface area contributed by atoms with Crippen LogP contribution in [0.4, 0.5) is 11.4 Å². The zero-order valence-corrected chi connectivity index (χ0v) is 15.2. The number of aryl methyl sites for hydroxylation is 1. The van der Waals surface area contributed by atoms with E-state index < -0.39 is 0 Å². The first-order valence-electron chi connectivity index (χ1n) is 8.48. The van der Waals surface area contributed by atoms with Crippen molar-refractivity contribution in [1.29, 1.82) is 0 Å². The van der Waals surface area contributed by atoms with Gasteiger partial charge in [-0.3, -0.25) is 9.59 Å².